The number of ether oxygens (including phenoxy) is 2. The number of nitrogens with zero attached hydrogens (tertiary/aromatic N) is 4. The van der Waals surface area contributed by atoms with E-state index < -0.39 is 92.7 Å². The van der Waals surface area contributed by atoms with E-state index in [1.54, 1.807) is 58.4 Å². The Labute approximate surface area is 468 Å². The van der Waals surface area contributed by atoms with Crippen molar-refractivity contribution in [3.8, 4) is 10.4 Å². The second kappa shape index (κ2) is 29.2. The fourth-order valence-electron chi connectivity index (χ4n) is 8.95. The number of carbonyl (C=O) groups is 7. The van der Waals surface area contributed by atoms with Gasteiger partial charge in [-0.3, -0.25) is 28.8 Å². The number of amides is 6. The molecule has 3 heterocycles. The monoisotopic (exact) mass is 1110 g/mol. The van der Waals surface area contributed by atoms with Crippen LogP contribution in [0.5, 0.6) is 0 Å². The number of aliphatic hydroxyl groups is 2. The molecule has 1 aliphatic heterocycles. The zero-order valence-electron chi connectivity index (χ0n) is 44.4. The van der Waals surface area contributed by atoms with E-state index in [2.05, 4.69) is 47.2 Å². The van der Waals surface area contributed by atoms with Gasteiger partial charge in [-0.2, -0.15) is 0 Å². The molecule has 6 amide bonds. The van der Waals surface area contributed by atoms with Crippen molar-refractivity contribution in [2.24, 2.45) is 29.1 Å². The number of aryl methyl sites for hydroxylation is 1. The molecule has 76 heavy (non-hydrogen) atoms. The van der Waals surface area contributed by atoms with Crippen LogP contribution in [0.25, 0.3) is 10.4 Å². The number of rotatable bonds is 27. The molecule has 8 N–H and O–H groups in total. The van der Waals surface area contributed by atoms with Crippen LogP contribution in [-0.4, -0.2) is 141 Å². The Kier molecular flexibility index (Phi) is 24.4. The standard InChI is InChI=1S/C49H72N10O14S2.Na/c1-27(2)20-36(46(66)54-37(47(67)75(69,70)71)21-32-14-15-51-44(32)64)55-48(68)73-25-38-29(4)59(58-57-38)17-19-72-18-16-50-39(61)12-13-40(62)56-43(49(5,6)7)41(63)34-22-33(60)23-35(34)45(65)52-24-30-8-10-31(11-9-30)42-28(3)53-26-74-42;/h8-11,26-27,32-37,43,47,60,67H,12-25H2,1-7H3,(H,50,61)(H,51,64)(H,52,65)(H,54,66)(H,55,68)(H,56,62)(H,69,70,71);/q;+1/p-1/t32-,33-,34?,35+,36-,37-,43+,47?;/m0./s1. The number of benzene rings is 1. The largest absolute Gasteiger partial charge is 1.00 e. The van der Waals surface area contributed by atoms with E-state index in [1.165, 1.54) is 4.68 Å². The van der Waals surface area contributed by atoms with Crippen molar-refractivity contribution in [2.75, 3.05) is 26.3 Å². The quantitative estimate of drug-likeness (QED) is 0.0239. The zero-order chi connectivity index (χ0) is 55.2. The van der Waals surface area contributed by atoms with Crippen molar-refractivity contribution in [2.45, 2.75) is 143 Å². The van der Waals surface area contributed by atoms with Crippen LogP contribution in [0, 0.1) is 42.9 Å². The van der Waals surface area contributed by atoms with Gasteiger partial charge in [0.2, 0.25) is 29.5 Å². The second-order valence-electron chi connectivity index (χ2n) is 20.5. The first kappa shape index (κ1) is 63.6. The summed E-state index contributed by atoms with van der Waals surface area (Å²) in [5.74, 6) is -5.47. The van der Waals surface area contributed by atoms with E-state index in [0.717, 1.165) is 21.7 Å². The van der Waals surface area contributed by atoms with E-state index in [1.807, 2.05) is 31.2 Å². The van der Waals surface area contributed by atoms with Gasteiger partial charge in [0.15, 0.2) is 11.2 Å². The maximum absolute atomic E-state index is 14.1. The van der Waals surface area contributed by atoms with Crippen molar-refractivity contribution < 1.29 is 95.8 Å². The Morgan fingerprint density at radius 2 is 1.66 bits per heavy atom. The predicted octanol–water partition coefficient (Wildman–Crippen LogP) is -1.75. The summed E-state index contributed by atoms with van der Waals surface area (Å²) in [5.41, 5.74) is 2.17. The van der Waals surface area contributed by atoms with E-state index in [4.69, 9.17) is 9.47 Å². The third kappa shape index (κ3) is 18.9. The SMILES string of the molecule is Cc1ncsc1-c1ccc(CNC(=O)[C@@H]2C[C@@H](O)CC2C(=O)[C@@H](NC(=O)CCC(=O)NCCOCCn2nnc(COC(=O)N[C@@H](CC(C)C)C(=O)N[C@@H](C[C@@H]3CCNC3=O)C(O)S(=O)(=O)[O-])c2C)C(C)(C)C)cc1.[Na+]. The molecule has 1 aromatic carbocycles. The maximum atomic E-state index is 14.1. The van der Waals surface area contributed by atoms with Crippen LogP contribution in [0.15, 0.2) is 29.8 Å². The summed E-state index contributed by atoms with van der Waals surface area (Å²) in [6.45, 7) is 13.4. The number of hydrogen-bond donors (Lipinski definition) is 8. The Morgan fingerprint density at radius 3 is 2.28 bits per heavy atom. The summed E-state index contributed by atoms with van der Waals surface area (Å²) in [7, 11) is -5.28. The van der Waals surface area contributed by atoms with Crippen molar-refractivity contribution in [3.63, 3.8) is 0 Å². The summed E-state index contributed by atoms with van der Waals surface area (Å²) < 4.78 is 47.5. The first-order valence-electron chi connectivity index (χ1n) is 25.0. The van der Waals surface area contributed by atoms with Crippen molar-refractivity contribution >= 4 is 62.9 Å². The third-order valence-electron chi connectivity index (χ3n) is 13.1. The molecule has 8 atom stereocenters. The number of aliphatic hydroxyl groups excluding tert-OH is 2. The Morgan fingerprint density at radius 1 is 0.974 bits per heavy atom. The molecule has 24 nitrogen and oxygen atoms in total. The van der Waals surface area contributed by atoms with Gasteiger partial charge in [0.05, 0.1) is 65.6 Å². The molecule has 0 spiro atoms. The number of alkyl carbamates (subject to hydrolysis) is 1. The van der Waals surface area contributed by atoms with E-state index in [0.29, 0.717) is 24.4 Å². The number of nitrogens with one attached hydrogen (secondary N) is 6. The normalized spacial score (nSPS) is 19.1. The van der Waals surface area contributed by atoms with Gasteiger partial charge in [-0.05, 0) is 68.4 Å². The molecule has 1 saturated carbocycles. The van der Waals surface area contributed by atoms with Crippen molar-refractivity contribution in [1.29, 1.82) is 0 Å². The Balaban J connectivity index is 0.0000125. The molecule has 5 rings (SSSR count). The molecule has 2 fully saturated rings. The number of ketones is 1. The summed E-state index contributed by atoms with van der Waals surface area (Å²) in [4.78, 5) is 97.1. The van der Waals surface area contributed by atoms with Crippen LogP contribution in [0.4, 0.5) is 4.79 Å². The minimum Gasteiger partial charge on any atom is -0.746 e. The smallest absolute Gasteiger partial charge is 0.746 e. The average molecular weight is 1110 g/mol. The molecule has 2 aromatic heterocycles. The van der Waals surface area contributed by atoms with Gasteiger partial charge in [0.1, 0.15) is 28.5 Å². The molecule has 27 heteroatoms. The minimum atomic E-state index is -5.28. The number of hydrogen-bond acceptors (Lipinski definition) is 18. The van der Waals surface area contributed by atoms with Gasteiger partial charge in [0.25, 0.3) is 0 Å². The van der Waals surface area contributed by atoms with Gasteiger partial charge in [-0.25, -0.2) is 22.9 Å². The first-order valence-corrected chi connectivity index (χ1v) is 27.3. The molecular weight excluding hydrogens is 1040 g/mol. The van der Waals surface area contributed by atoms with Gasteiger partial charge >= 0.3 is 35.7 Å². The van der Waals surface area contributed by atoms with Gasteiger partial charge in [-0.15, -0.1) is 16.4 Å². The Hall–Kier alpha value is -4.93. The molecule has 3 aromatic rings. The van der Waals surface area contributed by atoms with Crippen LogP contribution in [0.2, 0.25) is 0 Å². The molecule has 2 unspecified atom stereocenters. The molecule has 0 radical (unpaired) electrons. The first-order chi connectivity index (χ1) is 35.3. The summed E-state index contributed by atoms with van der Waals surface area (Å²) >= 11 is 1.55. The van der Waals surface area contributed by atoms with Crippen molar-refractivity contribution in [3.05, 3.63) is 52.4 Å². The fraction of sp³-hybridized carbons (Fsp3) is 0.633. The van der Waals surface area contributed by atoms with Gasteiger partial charge in [0, 0.05) is 44.3 Å². The van der Waals surface area contributed by atoms with Crippen LogP contribution in [0.1, 0.15) is 102 Å². The number of Topliss-reactive ketones (excluding diaryl/α,β-unsaturated/α-hetero) is 1. The zero-order valence-corrected chi connectivity index (χ0v) is 48.0. The molecule has 1 saturated heterocycles. The Bertz CT molecular complexity index is 2590. The van der Waals surface area contributed by atoms with Crippen LogP contribution in [-0.2, 0) is 68.1 Å². The summed E-state index contributed by atoms with van der Waals surface area (Å²) in [5, 5.41) is 44.7. The third-order valence-corrected chi connectivity index (χ3v) is 15.0. The van der Waals surface area contributed by atoms with Crippen LogP contribution in [0.3, 0.4) is 0 Å². The molecule has 1 aliphatic carbocycles. The maximum Gasteiger partial charge on any atom is 1.00 e. The number of thiazole rings is 1. The van der Waals surface area contributed by atoms with Crippen molar-refractivity contribution in [1.82, 2.24) is 51.9 Å². The topological polar surface area (TPSA) is 351 Å². The fourth-order valence-corrected chi connectivity index (χ4v) is 10.3. The summed E-state index contributed by atoms with van der Waals surface area (Å²) in [6.07, 6.45) is -2.00. The average Bonchev–Trinajstić information content (AvgIpc) is 4.15. The second-order valence-corrected chi connectivity index (χ2v) is 22.8. The van der Waals surface area contributed by atoms with Crippen LogP contribution < -0.4 is 61.5 Å². The number of aromatic nitrogens is 4. The predicted molar refractivity (Wildman–Crippen MR) is 271 cm³/mol. The molecular formula is C49H71N10NaO14S2. The van der Waals surface area contributed by atoms with Gasteiger partial charge in [-0.1, -0.05) is 64.1 Å². The number of carbonyl (C=O) groups excluding carboxylic acids is 7. The minimum absolute atomic E-state index is 0. The summed E-state index contributed by atoms with van der Waals surface area (Å²) in [6, 6.07) is 3.90. The van der Waals surface area contributed by atoms with E-state index >= 15 is 0 Å². The van der Waals surface area contributed by atoms with Gasteiger partial charge < -0.3 is 56.1 Å². The van der Waals surface area contributed by atoms with Crippen LogP contribution >= 0.6 is 11.3 Å². The van der Waals surface area contributed by atoms with E-state index in [-0.39, 0.29) is 125 Å². The van der Waals surface area contributed by atoms with E-state index in [9.17, 15) is 56.7 Å². The molecule has 0 bridgehead atoms. The molecule has 2 aliphatic rings. The molecule has 414 valence electrons.